The van der Waals surface area contributed by atoms with Crippen LogP contribution in [0.5, 0.6) is 5.75 Å². The summed E-state index contributed by atoms with van der Waals surface area (Å²) < 4.78 is 5.85. The Hall–Kier alpha value is -1.90. The number of hydrogen-bond donors (Lipinski definition) is 0. The molecule has 1 saturated carbocycles. The molecule has 1 aliphatic rings. The maximum atomic E-state index is 5.85. The Morgan fingerprint density at radius 3 is 2.17 bits per heavy atom. The van der Waals surface area contributed by atoms with E-state index in [1.807, 2.05) is 12.1 Å². The lowest BCUT2D eigenvalue weighted by molar-refractivity contribution is 0.299. The summed E-state index contributed by atoms with van der Waals surface area (Å²) in [6.07, 6.45) is 15.7. The summed E-state index contributed by atoms with van der Waals surface area (Å²) in [5, 5.41) is 9.14. The Labute approximate surface area is 183 Å². The van der Waals surface area contributed by atoms with Gasteiger partial charge in [-0.15, -0.1) is 0 Å². The van der Waals surface area contributed by atoms with Gasteiger partial charge in [0.2, 0.25) is 0 Å². The van der Waals surface area contributed by atoms with Crippen LogP contribution in [-0.2, 0) is 0 Å². The van der Waals surface area contributed by atoms with Crippen molar-refractivity contribution in [3.8, 4) is 17.0 Å². The molecule has 0 radical (unpaired) electrons. The fourth-order valence-electron chi connectivity index (χ4n) is 4.58. The molecule has 0 bridgehead atoms. The number of ether oxygens (including phenoxy) is 1. The first-order chi connectivity index (χ1) is 14.8. The van der Waals surface area contributed by atoms with Gasteiger partial charge >= 0.3 is 0 Å². The minimum absolute atomic E-state index is 0.595. The van der Waals surface area contributed by atoms with Gasteiger partial charge in [0.15, 0.2) is 0 Å². The van der Waals surface area contributed by atoms with Crippen LogP contribution < -0.4 is 4.74 Å². The molecule has 0 spiro atoms. The Kier molecular flexibility index (Phi) is 9.66. The second-order valence-corrected chi connectivity index (χ2v) is 8.99. The number of benzene rings is 1. The first kappa shape index (κ1) is 22.8. The van der Waals surface area contributed by atoms with E-state index in [1.54, 1.807) is 0 Å². The van der Waals surface area contributed by atoms with Crippen molar-refractivity contribution in [3.05, 3.63) is 42.1 Å². The monoisotopic (exact) mass is 408 g/mol. The van der Waals surface area contributed by atoms with Gasteiger partial charge in [-0.3, -0.25) is 0 Å². The predicted octanol–water partition coefficient (Wildman–Crippen LogP) is 7.96. The molecule has 3 nitrogen and oxygen atoms in total. The van der Waals surface area contributed by atoms with Gasteiger partial charge in [0.1, 0.15) is 5.75 Å². The zero-order chi connectivity index (χ0) is 21.0. The molecule has 0 amide bonds. The van der Waals surface area contributed by atoms with Crippen molar-refractivity contribution in [3.63, 3.8) is 0 Å². The normalized spacial score (nSPS) is 19.0. The second-order valence-electron chi connectivity index (χ2n) is 8.99. The third-order valence-corrected chi connectivity index (χ3v) is 6.58. The van der Waals surface area contributed by atoms with Crippen molar-refractivity contribution in [1.29, 1.82) is 0 Å². The van der Waals surface area contributed by atoms with Gasteiger partial charge in [0.05, 0.1) is 18.0 Å². The summed E-state index contributed by atoms with van der Waals surface area (Å²) in [6.45, 7) is 5.32. The molecule has 1 heterocycles. The second kappa shape index (κ2) is 12.7. The van der Waals surface area contributed by atoms with Crippen LogP contribution >= 0.6 is 0 Å². The molecule has 1 aromatic carbocycles. The minimum atomic E-state index is 0.595. The standard InChI is InChI=1S/C27H40N2O/c1-3-5-7-9-21-30-25-17-15-24(16-18-25)27-20-19-26(28-29-27)23-13-11-22(12-14-23)10-8-6-4-2/h15-20,22-23H,3-14,21H2,1-2H3. The molecular formula is C27H40N2O. The highest BCUT2D eigenvalue weighted by Gasteiger charge is 2.23. The summed E-state index contributed by atoms with van der Waals surface area (Å²) in [5.74, 6) is 2.47. The Morgan fingerprint density at radius 2 is 1.50 bits per heavy atom. The van der Waals surface area contributed by atoms with Crippen molar-refractivity contribution < 1.29 is 4.74 Å². The van der Waals surface area contributed by atoms with Crippen molar-refractivity contribution in [2.24, 2.45) is 5.92 Å². The van der Waals surface area contributed by atoms with Gasteiger partial charge in [0.25, 0.3) is 0 Å². The molecule has 3 rings (SSSR count). The average molecular weight is 409 g/mol. The van der Waals surface area contributed by atoms with Crippen LogP contribution in [0.4, 0.5) is 0 Å². The zero-order valence-corrected chi connectivity index (χ0v) is 19.1. The van der Waals surface area contributed by atoms with Gasteiger partial charge in [-0.1, -0.05) is 58.8 Å². The van der Waals surface area contributed by atoms with E-state index in [2.05, 4.69) is 48.3 Å². The van der Waals surface area contributed by atoms with E-state index in [0.717, 1.165) is 36.0 Å². The highest BCUT2D eigenvalue weighted by Crippen LogP contribution is 2.37. The van der Waals surface area contributed by atoms with E-state index in [4.69, 9.17) is 4.74 Å². The number of hydrogen-bond acceptors (Lipinski definition) is 3. The van der Waals surface area contributed by atoms with Crippen LogP contribution in [-0.4, -0.2) is 16.8 Å². The number of unbranched alkanes of at least 4 members (excludes halogenated alkanes) is 5. The van der Waals surface area contributed by atoms with E-state index in [9.17, 15) is 0 Å². The van der Waals surface area contributed by atoms with Crippen LogP contribution in [0.25, 0.3) is 11.3 Å². The van der Waals surface area contributed by atoms with Crippen LogP contribution in [0.1, 0.15) is 103 Å². The highest BCUT2D eigenvalue weighted by atomic mass is 16.5. The van der Waals surface area contributed by atoms with E-state index in [1.165, 1.54) is 76.3 Å². The fourth-order valence-corrected chi connectivity index (χ4v) is 4.58. The molecule has 0 saturated heterocycles. The molecule has 1 aliphatic carbocycles. The average Bonchev–Trinajstić information content (AvgIpc) is 2.80. The zero-order valence-electron chi connectivity index (χ0n) is 19.1. The number of nitrogens with zero attached hydrogens (tertiary/aromatic N) is 2. The first-order valence-electron chi connectivity index (χ1n) is 12.4. The predicted molar refractivity (Wildman–Crippen MR) is 126 cm³/mol. The van der Waals surface area contributed by atoms with Gasteiger partial charge in [-0.2, -0.15) is 10.2 Å². The Bertz CT molecular complexity index is 703. The maximum Gasteiger partial charge on any atom is 0.119 e. The van der Waals surface area contributed by atoms with E-state index >= 15 is 0 Å². The summed E-state index contributed by atoms with van der Waals surface area (Å²) in [6, 6.07) is 12.6. The van der Waals surface area contributed by atoms with Crippen LogP contribution in [0.15, 0.2) is 36.4 Å². The molecule has 0 aliphatic heterocycles. The lowest BCUT2D eigenvalue weighted by Crippen LogP contribution is -2.14. The maximum absolute atomic E-state index is 5.85. The number of aromatic nitrogens is 2. The summed E-state index contributed by atoms with van der Waals surface area (Å²) in [7, 11) is 0. The Morgan fingerprint density at radius 1 is 0.767 bits per heavy atom. The summed E-state index contributed by atoms with van der Waals surface area (Å²) in [5.41, 5.74) is 3.23. The highest BCUT2D eigenvalue weighted by molar-refractivity contribution is 5.59. The van der Waals surface area contributed by atoms with Crippen molar-refractivity contribution in [1.82, 2.24) is 10.2 Å². The van der Waals surface area contributed by atoms with Crippen LogP contribution in [0.2, 0.25) is 0 Å². The molecule has 2 aromatic rings. The van der Waals surface area contributed by atoms with Crippen LogP contribution in [0, 0.1) is 5.92 Å². The van der Waals surface area contributed by atoms with Gasteiger partial charge in [-0.05, 0) is 74.4 Å². The summed E-state index contributed by atoms with van der Waals surface area (Å²) >= 11 is 0. The third kappa shape index (κ3) is 7.11. The van der Waals surface area contributed by atoms with E-state index in [0.29, 0.717) is 5.92 Å². The largest absolute Gasteiger partial charge is 0.494 e. The van der Waals surface area contributed by atoms with Crippen molar-refractivity contribution >= 4 is 0 Å². The third-order valence-electron chi connectivity index (χ3n) is 6.58. The van der Waals surface area contributed by atoms with Gasteiger partial charge in [0, 0.05) is 11.5 Å². The molecule has 30 heavy (non-hydrogen) atoms. The molecule has 164 valence electrons. The Balaban J connectivity index is 1.46. The van der Waals surface area contributed by atoms with E-state index in [-0.39, 0.29) is 0 Å². The molecular weight excluding hydrogens is 368 g/mol. The van der Waals surface area contributed by atoms with Crippen molar-refractivity contribution in [2.75, 3.05) is 6.61 Å². The summed E-state index contributed by atoms with van der Waals surface area (Å²) in [4.78, 5) is 0. The fraction of sp³-hybridized carbons (Fsp3) is 0.630. The quantitative estimate of drug-likeness (QED) is 0.334. The minimum Gasteiger partial charge on any atom is -0.494 e. The van der Waals surface area contributed by atoms with E-state index < -0.39 is 0 Å². The number of rotatable bonds is 12. The SMILES string of the molecule is CCCCCCOc1ccc(-c2ccc(C3CCC(CCCCC)CC3)nn2)cc1. The molecule has 0 unspecified atom stereocenters. The topological polar surface area (TPSA) is 35.0 Å². The molecule has 1 aromatic heterocycles. The van der Waals surface area contributed by atoms with Crippen molar-refractivity contribution in [2.45, 2.75) is 96.8 Å². The smallest absolute Gasteiger partial charge is 0.119 e. The first-order valence-corrected chi connectivity index (χ1v) is 12.4. The lowest BCUT2D eigenvalue weighted by Gasteiger charge is -2.28. The molecule has 3 heteroatoms. The lowest BCUT2D eigenvalue weighted by atomic mass is 9.78. The van der Waals surface area contributed by atoms with Crippen LogP contribution in [0.3, 0.4) is 0 Å². The van der Waals surface area contributed by atoms with Gasteiger partial charge in [-0.25, -0.2) is 0 Å². The van der Waals surface area contributed by atoms with Gasteiger partial charge < -0.3 is 4.74 Å². The molecule has 1 fully saturated rings. The molecule has 0 atom stereocenters. The molecule has 0 N–H and O–H groups in total.